The van der Waals surface area contributed by atoms with Crippen LogP contribution in [0.5, 0.6) is 0 Å². The van der Waals surface area contributed by atoms with Crippen LogP contribution in [0.4, 0.5) is 0 Å². The number of aromatic nitrogens is 4. The van der Waals surface area contributed by atoms with Gasteiger partial charge in [-0.05, 0) is 83.9 Å². The van der Waals surface area contributed by atoms with Gasteiger partial charge in [-0.1, -0.05) is 37.4 Å². The average Bonchev–Trinajstić information content (AvgIpc) is 3.03. The highest BCUT2D eigenvalue weighted by molar-refractivity contribution is 7.09. The Morgan fingerprint density at radius 3 is 1.27 bits per heavy atom. The highest BCUT2D eigenvalue weighted by Gasteiger charge is 2.41. The van der Waals surface area contributed by atoms with Crippen molar-refractivity contribution in [2.75, 3.05) is 0 Å². The standard InChI is InChI=1S/C28H26N4Si/c1-19-20(2)28(26-16-10-14-24(32-26)22-12-6-8-18-30-22)33(3,4)27(19)25-15-9-13-23(31-25)21-11-5-7-17-29-21/h5-18H,1-4H3. The minimum absolute atomic E-state index is 0.893. The lowest BCUT2D eigenvalue weighted by Crippen LogP contribution is -2.29. The van der Waals surface area contributed by atoms with Crippen LogP contribution < -0.4 is 0 Å². The minimum Gasteiger partial charge on any atom is -0.255 e. The molecule has 5 heteroatoms. The zero-order chi connectivity index (χ0) is 23.0. The lowest BCUT2D eigenvalue weighted by atomic mass is 10.1. The lowest BCUT2D eigenvalue weighted by molar-refractivity contribution is 1.22. The average molecular weight is 447 g/mol. The second-order valence-electron chi connectivity index (χ2n) is 8.87. The number of pyridine rings is 4. The molecule has 0 bridgehead atoms. The molecule has 33 heavy (non-hydrogen) atoms. The van der Waals surface area contributed by atoms with Crippen molar-refractivity contribution in [1.82, 2.24) is 19.9 Å². The molecule has 1 aliphatic heterocycles. The van der Waals surface area contributed by atoms with E-state index in [1.54, 1.807) is 0 Å². The van der Waals surface area contributed by atoms with E-state index >= 15 is 0 Å². The van der Waals surface area contributed by atoms with E-state index < -0.39 is 8.07 Å². The number of allylic oxidation sites excluding steroid dienone is 2. The molecule has 0 spiro atoms. The predicted octanol–water partition coefficient (Wildman–Crippen LogP) is 6.65. The predicted molar refractivity (Wildman–Crippen MR) is 138 cm³/mol. The minimum atomic E-state index is -2.06. The smallest absolute Gasteiger partial charge is 0.118 e. The molecule has 0 amide bonds. The molecule has 4 aromatic heterocycles. The third kappa shape index (κ3) is 3.74. The molecule has 5 rings (SSSR count). The van der Waals surface area contributed by atoms with Gasteiger partial charge in [-0.15, -0.1) is 0 Å². The van der Waals surface area contributed by atoms with Gasteiger partial charge in [0.25, 0.3) is 0 Å². The Morgan fingerprint density at radius 1 is 0.485 bits per heavy atom. The third-order valence-corrected chi connectivity index (χ3v) is 10.2. The van der Waals surface area contributed by atoms with Gasteiger partial charge in [0.05, 0.1) is 34.2 Å². The zero-order valence-corrected chi connectivity index (χ0v) is 20.4. The Kier molecular flexibility index (Phi) is 5.34. The first-order valence-corrected chi connectivity index (χ1v) is 14.2. The van der Waals surface area contributed by atoms with Gasteiger partial charge in [-0.3, -0.25) is 9.97 Å². The van der Waals surface area contributed by atoms with Crippen LogP contribution in [0.3, 0.4) is 0 Å². The molecule has 5 heterocycles. The summed E-state index contributed by atoms with van der Waals surface area (Å²) < 4.78 is 0. The molecule has 0 aromatic carbocycles. The fourth-order valence-electron chi connectivity index (χ4n) is 4.92. The topological polar surface area (TPSA) is 51.6 Å². The largest absolute Gasteiger partial charge is 0.255 e. The summed E-state index contributed by atoms with van der Waals surface area (Å²) in [6, 6.07) is 24.4. The Hall–Kier alpha value is -3.70. The molecule has 0 saturated heterocycles. The van der Waals surface area contributed by atoms with Crippen LogP contribution in [0.2, 0.25) is 13.1 Å². The van der Waals surface area contributed by atoms with Crippen molar-refractivity contribution in [1.29, 1.82) is 0 Å². The van der Waals surface area contributed by atoms with E-state index in [9.17, 15) is 0 Å². The maximum atomic E-state index is 5.06. The fourth-order valence-corrected chi connectivity index (χ4v) is 8.98. The van der Waals surface area contributed by atoms with Gasteiger partial charge in [0.1, 0.15) is 8.07 Å². The van der Waals surface area contributed by atoms with E-state index in [-0.39, 0.29) is 0 Å². The van der Waals surface area contributed by atoms with Crippen LogP contribution >= 0.6 is 0 Å². The van der Waals surface area contributed by atoms with Gasteiger partial charge in [0, 0.05) is 12.4 Å². The maximum Gasteiger partial charge on any atom is 0.118 e. The summed E-state index contributed by atoms with van der Waals surface area (Å²) in [6.45, 7) is 9.26. The first-order valence-electron chi connectivity index (χ1n) is 11.2. The van der Waals surface area contributed by atoms with E-state index in [0.29, 0.717) is 0 Å². The number of nitrogens with zero attached hydrogens (tertiary/aromatic N) is 4. The van der Waals surface area contributed by atoms with Crippen molar-refractivity contribution in [2.24, 2.45) is 0 Å². The second kappa shape index (κ2) is 8.33. The van der Waals surface area contributed by atoms with Gasteiger partial charge in [-0.25, -0.2) is 9.97 Å². The van der Waals surface area contributed by atoms with E-state index in [1.165, 1.54) is 21.5 Å². The van der Waals surface area contributed by atoms with Gasteiger partial charge in [0.15, 0.2) is 0 Å². The van der Waals surface area contributed by atoms with E-state index in [4.69, 9.17) is 9.97 Å². The van der Waals surface area contributed by atoms with Crippen molar-refractivity contribution >= 4 is 18.5 Å². The van der Waals surface area contributed by atoms with Gasteiger partial charge in [0.2, 0.25) is 0 Å². The van der Waals surface area contributed by atoms with Crippen molar-refractivity contribution in [2.45, 2.75) is 26.9 Å². The van der Waals surface area contributed by atoms with Crippen LogP contribution in [0.15, 0.2) is 96.3 Å². The van der Waals surface area contributed by atoms with Crippen molar-refractivity contribution in [3.63, 3.8) is 0 Å². The summed E-state index contributed by atoms with van der Waals surface area (Å²) in [4.78, 5) is 19.1. The molecule has 0 atom stereocenters. The van der Waals surface area contributed by atoms with E-state index in [1.807, 2.05) is 60.9 Å². The Balaban J connectivity index is 1.57. The Morgan fingerprint density at radius 2 is 0.879 bits per heavy atom. The molecule has 0 fully saturated rings. The molecule has 162 valence electrons. The Labute approximate surface area is 195 Å². The highest BCUT2D eigenvalue weighted by Crippen LogP contribution is 2.47. The summed E-state index contributed by atoms with van der Waals surface area (Å²) >= 11 is 0. The molecular weight excluding hydrogens is 420 g/mol. The van der Waals surface area contributed by atoms with Crippen LogP contribution in [0, 0.1) is 0 Å². The van der Waals surface area contributed by atoms with Crippen molar-refractivity contribution < 1.29 is 0 Å². The monoisotopic (exact) mass is 446 g/mol. The van der Waals surface area contributed by atoms with Crippen molar-refractivity contribution in [3.05, 3.63) is 108 Å². The first kappa shape index (κ1) is 21.2. The molecule has 0 saturated carbocycles. The Bertz CT molecular complexity index is 1280. The lowest BCUT2D eigenvalue weighted by Gasteiger charge is -2.25. The summed E-state index contributed by atoms with van der Waals surface area (Å²) in [7, 11) is -2.06. The molecular formula is C28H26N4Si. The number of hydrogen-bond donors (Lipinski definition) is 0. The van der Waals surface area contributed by atoms with Crippen LogP contribution in [0.25, 0.3) is 33.2 Å². The van der Waals surface area contributed by atoms with Gasteiger partial charge >= 0.3 is 0 Å². The molecule has 0 unspecified atom stereocenters. The number of rotatable bonds is 4. The maximum absolute atomic E-state index is 5.06. The van der Waals surface area contributed by atoms with Crippen LogP contribution in [0.1, 0.15) is 25.2 Å². The fraction of sp³-hybridized carbons (Fsp3) is 0.143. The van der Waals surface area contributed by atoms with Gasteiger partial charge < -0.3 is 0 Å². The van der Waals surface area contributed by atoms with Gasteiger partial charge in [-0.2, -0.15) is 0 Å². The SMILES string of the molecule is CC1=C(c2cccc(-c3ccccn3)n2)[Si](C)(C)C(c2cccc(-c3ccccn3)n2)=C1C. The highest BCUT2D eigenvalue weighted by atomic mass is 28.3. The van der Waals surface area contributed by atoms with Crippen LogP contribution in [-0.4, -0.2) is 28.0 Å². The summed E-state index contributed by atoms with van der Waals surface area (Å²) in [6.07, 6.45) is 3.62. The summed E-state index contributed by atoms with van der Waals surface area (Å²) in [5.74, 6) is 0. The first-order chi connectivity index (χ1) is 16.0. The molecule has 1 aliphatic rings. The quantitative estimate of drug-likeness (QED) is 0.329. The number of hydrogen-bond acceptors (Lipinski definition) is 4. The van der Waals surface area contributed by atoms with Crippen LogP contribution in [-0.2, 0) is 0 Å². The molecule has 4 aromatic rings. The van der Waals surface area contributed by atoms with E-state index in [2.05, 4.69) is 61.2 Å². The summed E-state index contributed by atoms with van der Waals surface area (Å²) in [5.41, 5.74) is 8.31. The molecule has 0 N–H and O–H groups in total. The normalized spacial score (nSPS) is 15.3. The van der Waals surface area contributed by atoms with Crippen molar-refractivity contribution in [3.8, 4) is 22.8 Å². The molecule has 4 nitrogen and oxygen atoms in total. The zero-order valence-electron chi connectivity index (χ0n) is 19.4. The summed E-state index contributed by atoms with van der Waals surface area (Å²) in [5, 5.41) is 2.75. The molecule has 0 aliphatic carbocycles. The van der Waals surface area contributed by atoms with E-state index in [0.717, 1.165) is 34.2 Å². The molecule has 0 radical (unpaired) electrons. The third-order valence-electron chi connectivity index (χ3n) is 6.43. The second-order valence-corrected chi connectivity index (χ2v) is 13.1.